The molecule has 0 fully saturated rings. The Morgan fingerprint density at radius 3 is 1.23 bits per heavy atom. The van der Waals surface area contributed by atoms with Crippen molar-refractivity contribution in [2.75, 3.05) is 9.80 Å². The van der Waals surface area contributed by atoms with Crippen LogP contribution in [0.4, 0.5) is 34.1 Å². The maximum atomic E-state index is 2.52. The van der Waals surface area contributed by atoms with E-state index in [1.54, 1.807) is 0 Å². The minimum Gasteiger partial charge on any atom is -0.310 e. The number of hydrogen-bond acceptors (Lipinski definition) is 2. The van der Waals surface area contributed by atoms with Crippen LogP contribution in [0.5, 0.6) is 0 Å². The van der Waals surface area contributed by atoms with Gasteiger partial charge in [-0.3, -0.25) is 0 Å². The molecule has 0 aliphatic rings. The molecule has 12 aromatic rings. The van der Waals surface area contributed by atoms with Crippen LogP contribution in [-0.2, 0) is 12.8 Å². The first kappa shape index (κ1) is 43.1. The smallest absolute Gasteiger partial charge is 0.0546 e. The first-order valence-corrected chi connectivity index (χ1v) is 24.9. The third kappa shape index (κ3) is 7.34. The summed E-state index contributed by atoms with van der Waals surface area (Å²) < 4.78 is 0. The van der Waals surface area contributed by atoms with Gasteiger partial charge in [-0.15, -0.1) is 0 Å². The molecule has 0 radical (unpaired) electrons. The van der Waals surface area contributed by atoms with Crippen LogP contribution in [0, 0.1) is 27.7 Å². The van der Waals surface area contributed by atoms with Crippen molar-refractivity contribution in [1.29, 1.82) is 0 Å². The summed E-state index contributed by atoms with van der Waals surface area (Å²) in [4.78, 5) is 5.02. The van der Waals surface area contributed by atoms with Crippen LogP contribution in [0.25, 0.3) is 76.1 Å². The Labute approximate surface area is 412 Å². The molecule has 0 saturated carbocycles. The maximum Gasteiger partial charge on any atom is 0.0546 e. The zero-order chi connectivity index (χ0) is 47.6. The molecule has 0 spiro atoms. The second-order valence-corrected chi connectivity index (χ2v) is 19.3. The molecule has 0 heterocycles. The van der Waals surface area contributed by atoms with Gasteiger partial charge in [0.1, 0.15) is 0 Å². The fourth-order valence-corrected chi connectivity index (χ4v) is 10.9. The molecule has 0 atom stereocenters. The lowest BCUT2D eigenvalue weighted by atomic mass is 9.84. The Morgan fingerprint density at radius 1 is 0.300 bits per heavy atom. The Bertz CT molecular complexity index is 3970. The number of anilines is 6. The van der Waals surface area contributed by atoms with Crippen molar-refractivity contribution in [3.05, 3.63) is 240 Å². The van der Waals surface area contributed by atoms with Crippen molar-refractivity contribution in [1.82, 2.24) is 0 Å². The molecule has 0 aliphatic carbocycles. The Kier molecular flexibility index (Phi) is 10.7. The van der Waals surface area contributed by atoms with E-state index in [0.29, 0.717) is 0 Å². The van der Waals surface area contributed by atoms with E-state index in [2.05, 4.69) is 258 Å². The standard InChI is InChI=1S/C68H56N2/c1-7-47-22-30-55(31-23-47)69(57-28-20-43(3)45(5)36-57)65-41-63(53-26-24-49-15-9-11-17-51(49)39-53)59-33-35-62-66(70(56-19-13-14-48(8-2)38-56)58-29-21-44(4)46(6)37-58)42-64(60-32-34-61(65)67(59)68(60)62)54-27-25-50-16-10-12-18-52(50)40-54/h9-42H,7-8H2,1-6H3. The van der Waals surface area contributed by atoms with Gasteiger partial charge in [-0.25, -0.2) is 0 Å². The highest BCUT2D eigenvalue weighted by atomic mass is 15.2. The first-order chi connectivity index (χ1) is 34.2. The topological polar surface area (TPSA) is 6.48 Å². The Morgan fingerprint density at radius 2 is 0.743 bits per heavy atom. The van der Waals surface area contributed by atoms with E-state index in [4.69, 9.17) is 0 Å². The van der Waals surface area contributed by atoms with Gasteiger partial charge >= 0.3 is 0 Å². The maximum absolute atomic E-state index is 2.52. The molecule has 12 aromatic carbocycles. The molecule has 0 bridgehead atoms. The van der Waals surface area contributed by atoms with Crippen LogP contribution in [-0.4, -0.2) is 0 Å². The van der Waals surface area contributed by atoms with Crippen molar-refractivity contribution in [3.63, 3.8) is 0 Å². The minimum atomic E-state index is 0.952. The van der Waals surface area contributed by atoms with Gasteiger partial charge in [0.05, 0.1) is 11.4 Å². The second kappa shape index (κ2) is 17.4. The molecular formula is C68H56N2. The predicted octanol–water partition coefficient (Wildman–Crippen LogP) is 19.5. The largest absolute Gasteiger partial charge is 0.310 e. The fraction of sp³-hybridized carbons (Fsp3) is 0.118. The van der Waals surface area contributed by atoms with E-state index in [-0.39, 0.29) is 0 Å². The first-order valence-electron chi connectivity index (χ1n) is 24.9. The van der Waals surface area contributed by atoms with Crippen molar-refractivity contribution in [3.8, 4) is 22.3 Å². The number of aryl methyl sites for hydroxylation is 6. The Hall–Kier alpha value is -8.20. The lowest BCUT2D eigenvalue weighted by Gasteiger charge is -2.31. The van der Waals surface area contributed by atoms with Crippen LogP contribution in [0.3, 0.4) is 0 Å². The van der Waals surface area contributed by atoms with Crippen LogP contribution in [0.15, 0.2) is 206 Å². The quantitative estimate of drug-likeness (QED) is 0.126. The van der Waals surface area contributed by atoms with Crippen molar-refractivity contribution < 1.29 is 0 Å². The fourth-order valence-electron chi connectivity index (χ4n) is 10.9. The van der Waals surface area contributed by atoms with Crippen LogP contribution in [0.1, 0.15) is 47.2 Å². The number of nitrogens with zero attached hydrogens (tertiary/aromatic N) is 2. The average molecular weight is 901 g/mol. The number of fused-ring (bicyclic) bond motifs is 2. The van der Waals surface area contributed by atoms with Gasteiger partial charge in [-0.05, 0) is 201 Å². The van der Waals surface area contributed by atoms with Gasteiger partial charge in [-0.2, -0.15) is 0 Å². The summed E-state index contributed by atoms with van der Waals surface area (Å²) in [6, 6.07) is 78.2. The zero-order valence-corrected chi connectivity index (χ0v) is 40.9. The number of hydrogen-bond donors (Lipinski definition) is 0. The van der Waals surface area contributed by atoms with Crippen LogP contribution >= 0.6 is 0 Å². The summed E-state index contributed by atoms with van der Waals surface area (Å²) >= 11 is 0. The van der Waals surface area contributed by atoms with E-state index < -0.39 is 0 Å². The van der Waals surface area contributed by atoms with E-state index in [1.165, 1.54) is 109 Å². The van der Waals surface area contributed by atoms with Crippen molar-refractivity contribution in [2.24, 2.45) is 0 Å². The zero-order valence-electron chi connectivity index (χ0n) is 40.9. The highest BCUT2D eigenvalue weighted by molar-refractivity contribution is 6.32. The molecule has 70 heavy (non-hydrogen) atoms. The van der Waals surface area contributed by atoms with Gasteiger partial charge in [0, 0.05) is 44.3 Å². The van der Waals surface area contributed by atoms with Gasteiger partial charge in [-0.1, -0.05) is 147 Å². The van der Waals surface area contributed by atoms with Gasteiger partial charge in [0.25, 0.3) is 0 Å². The molecule has 0 amide bonds. The predicted molar refractivity (Wildman–Crippen MR) is 303 cm³/mol. The van der Waals surface area contributed by atoms with Gasteiger partial charge < -0.3 is 9.80 Å². The third-order valence-corrected chi connectivity index (χ3v) is 15.1. The number of benzene rings is 12. The summed E-state index contributed by atoms with van der Waals surface area (Å²) in [5.41, 5.74) is 19.4. The van der Waals surface area contributed by atoms with Crippen molar-refractivity contribution >= 4 is 88.0 Å². The Balaban J connectivity index is 1.26. The molecule has 12 rings (SSSR count). The summed E-state index contributed by atoms with van der Waals surface area (Å²) in [5, 5.41) is 12.4. The molecule has 0 N–H and O–H groups in total. The molecule has 2 nitrogen and oxygen atoms in total. The second-order valence-electron chi connectivity index (χ2n) is 19.3. The molecule has 0 saturated heterocycles. The van der Waals surface area contributed by atoms with E-state index in [0.717, 1.165) is 47.0 Å². The van der Waals surface area contributed by atoms with Crippen molar-refractivity contribution in [2.45, 2.75) is 54.4 Å². The third-order valence-electron chi connectivity index (χ3n) is 15.1. The highest BCUT2D eigenvalue weighted by Gasteiger charge is 2.26. The average Bonchev–Trinajstić information content (AvgIpc) is 3.40. The van der Waals surface area contributed by atoms with Crippen LogP contribution < -0.4 is 9.80 Å². The monoisotopic (exact) mass is 900 g/mol. The summed E-state index contributed by atoms with van der Waals surface area (Å²) in [6.45, 7) is 13.4. The SMILES string of the molecule is CCc1ccc(N(c2ccc(C)c(C)c2)c2cc(-c3ccc4ccccc4c3)c3ccc4c(N(c5cccc(CC)c5)c5ccc(C)c(C)c5)cc(-c5ccc6ccccc6c5)c5ccc2c3c54)cc1. The van der Waals surface area contributed by atoms with E-state index in [9.17, 15) is 0 Å². The molecule has 0 unspecified atom stereocenters. The molecule has 338 valence electrons. The minimum absolute atomic E-state index is 0.952. The summed E-state index contributed by atoms with van der Waals surface area (Å²) in [6.07, 6.45) is 1.94. The van der Waals surface area contributed by atoms with E-state index >= 15 is 0 Å². The lowest BCUT2D eigenvalue weighted by molar-refractivity contribution is 1.13. The molecule has 0 aromatic heterocycles. The molecular weight excluding hydrogens is 845 g/mol. The molecule has 2 heteroatoms. The summed E-state index contributed by atoms with van der Waals surface area (Å²) in [5.74, 6) is 0. The highest BCUT2D eigenvalue weighted by Crippen LogP contribution is 2.52. The molecule has 0 aliphatic heterocycles. The van der Waals surface area contributed by atoms with E-state index in [1.807, 2.05) is 0 Å². The summed E-state index contributed by atoms with van der Waals surface area (Å²) in [7, 11) is 0. The normalized spacial score (nSPS) is 11.7. The van der Waals surface area contributed by atoms with Crippen LogP contribution in [0.2, 0.25) is 0 Å². The number of rotatable bonds is 10. The lowest BCUT2D eigenvalue weighted by Crippen LogP contribution is -2.13. The van der Waals surface area contributed by atoms with Gasteiger partial charge in [0.15, 0.2) is 0 Å². The van der Waals surface area contributed by atoms with Gasteiger partial charge in [0.2, 0.25) is 0 Å².